The average molecular weight is 443 g/mol. The van der Waals surface area contributed by atoms with Crippen LogP contribution in [0.5, 0.6) is 0 Å². The Morgan fingerprint density at radius 2 is 1.60 bits per heavy atom. The minimum Gasteiger partial charge on any atom is -0.337 e. The Kier molecular flexibility index (Phi) is 6.48. The molecule has 7 heteroatoms. The van der Waals surface area contributed by atoms with Gasteiger partial charge in [-0.3, -0.25) is 9.10 Å². The number of carbonyl (C=O) groups excluding carboxylic acids is 1. The molecule has 5 nitrogen and oxygen atoms in total. The van der Waals surface area contributed by atoms with E-state index in [1.807, 2.05) is 31.2 Å². The molecular weight excluding hydrogens is 420 g/mol. The fourth-order valence-corrected chi connectivity index (χ4v) is 4.58. The summed E-state index contributed by atoms with van der Waals surface area (Å²) in [5.41, 5.74) is 2.68. The molecule has 0 aliphatic carbocycles. The topological polar surface area (TPSA) is 57.7 Å². The standard InChI is InChI=1S/C23H23ClN2O3S/c1-17-7-4-5-10-22(17)26(3)30(28,29)21-9-6-8-19(15-21)23(27)25(2)16-18-11-13-20(24)14-12-18/h4-15H,16H2,1-3H3. The maximum absolute atomic E-state index is 13.1. The van der Waals surface area contributed by atoms with E-state index < -0.39 is 10.0 Å². The molecule has 0 N–H and O–H groups in total. The van der Waals surface area contributed by atoms with E-state index in [0.29, 0.717) is 22.8 Å². The van der Waals surface area contributed by atoms with E-state index >= 15 is 0 Å². The third-order valence-electron chi connectivity index (χ3n) is 4.87. The zero-order chi connectivity index (χ0) is 21.9. The molecule has 3 rings (SSSR count). The normalized spacial score (nSPS) is 11.2. The largest absolute Gasteiger partial charge is 0.337 e. The Bertz CT molecular complexity index is 1160. The van der Waals surface area contributed by atoms with Crippen LogP contribution >= 0.6 is 11.6 Å². The lowest BCUT2D eigenvalue weighted by Gasteiger charge is -2.22. The lowest BCUT2D eigenvalue weighted by Crippen LogP contribution is -2.28. The molecule has 0 unspecified atom stereocenters. The summed E-state index contributed by atoms with van der Waals surface area (Å²) < 4.78 is 27.5. The van der Waals surface area contributed by atoms with Crippen LogP contribution < -0.4 is 4.31 Å². The second-order valence-electron chi connectivity index (χ2n) is 7.07. The van der Waals surface area contributed by atoms with Crippen LogP contribution in [0.15, 0.2) is 77.7 Å². The molecule has 0 atom stereocenters. The van der Waals surface area contributed by atoms with Gasteiger partial charge in [0.15, 0.2) is 0 Å². The van der Waals surface area contributed by atoms with Crippen molar-refractivity contribution in [3.05, 3.63) is 94.5 Å². The van der Waals surface area contributed by atoms with Gasteiger partial charge >= 0.3 is 0 Å². The first-order chi connectivity index (χ1) is 14.2. The molecule has 30 heavy (non-hydrogen) atoms. The van der Waals surface area contributed by atoms with Crippen LogP contribution in [0, 0.1) is 6.92 Å². The average Bonchev–Trinajstić information content (AvgIpc) is 2.74. The molecule has 0 spiro atoms. The van der Waals surface area contributed by atoms with E-state index in [2.05, 4.69) is 0 Å². The van der Waals surface area contributed by atoms with Gasteiger partial charge in [0.2, 0.25) is 0 Å². The molecule has 0 bridgehead atoms. The number of amides is 1. The summed E-state index contributed by atoms with van der Waals surface area (Å²) in [5, 5.41) is 0.628. The highest BCUT2D eigenvalue weighted by molar-refractivity contribution is 7.92. The summed E-state index contributed by atoms with van der Waals surface area (Å²) in [6, 6.07) is 20.6. The van der Waals surface area contributed by atoms with Crippen LogP contribution in [-0.4, -0.2) is 33.3 Å². The van der Waals surface area contributed by atoms with E-state index in [4.69, 9.17) is 11.6 Å². The molecule has 0 aromatic heterocycles. The second-order valence-corrected chi connectivity index (χ2v) is 9.48. The summed E-state index contributed by atoms with van der Waals surface area (Å²) >= 11 is 5.90. The van der Waals surface area contributed by atoms with Gasteiger partial charge in [-0.05, 0) is 54.4 Å². The maximum atomic E-state index is 13.1. The van der Waals surface area contributed by atoms with E-state index in [9.17, 15) is 13.2 Å². The zero-order valence-corrected chi connectivity index (χ0v) is 18.6. The summed E-state index contributed by atoms with van der Waals surface area (Å²) in [6.45, 7) is 2.24. The van der Waals surface area contributed by atoms with Gasteiger partial charge in [-0.1, -0.05) is 48.0 Å². The Balaban J connectivity index is 1.85. The van der Waals surface area contributed by atoms with Crippen molar-refractivity contribution >= 4 is 33.2 Å². The Hall–Kier alpha value is -2.83. The van der Waals surface area contributed by atoms with Crippen molar-refractivity contribution in [1.29, 1.82) is 0 Å². The summed E-state index contributed by atoms with van der Waals surface area (Å²) in [6.07, 6.45) is 0. The van der Waals surface area contributed by atoms with Crippen LogP contribution in [0.2, 0.25) is 5.02 Å². The number of benzene rings is 3. The first kappa shape index (κ1) is 21.9. The fraction of sp³-hybridized carbons (Fsp3) is 0.174. The van der Waals surface area contributed by atoms with Crippen molar-refractivity contribution in [2.75, 3.05) is 18.4 Å². The summed E-state index contributed by atoms with van der Waals surface area (Å²) in [4.78, 5) is 14.5. The smallest absolute Gasteiger partial charge is 0.264 e. The number of sulfonamides is 1. The van der Waals surface area contributed by atoms with E-state index in [1.165, 1.54) is 23.5 Å². The Morgan fingerprint density at radius 3 is 2.27 bits per heavy atom. The van der Waals surface area contributed by atoms with Crippen LogP contribution in [0.25, 0.3) is 0 Å². The zero-order valence-electron chi connectivity index (χ0n) is 17.0. The molecule has 0 saturated heterocycles. The number of anilines is 1. The summed E-state index contributed by atoms with van der Waals surface area (Å²) in [5.74, 6) is -0.263. The first-order valence-electron chi connectivity index (χ1n) is 9.34. The quantitative estimate of drug-likeness (QED) is 0.553. The van der Waals surface area contributed by atoms with E-state index in [0.717, 1.165) is 11.1 Å². The predicted octanol–water partition coefficient (Wildman–Crippen LogP) is 4.75. The molecule has 3 aromatic rings. The van der Waals surface area contributed by atoms with Gasteiger partial charge in [0, 0.05) is 31.2 Å². The first-order valence-corrected chi connectivity index (χ1v) is 11.2. The molecule has 0 fully saturated rings. The number of hydrogen-bond donors (Lipinski definition) is 0. The summed E-state index contributed by atoms with van der Waals surface area (Å²) in [7, 11) is -0.621. The SMILES string of the molecule is Cc1ccccc1N(C)S(=O)(=O)c1cccc(C(=O)N(C)Cc2ccc(Cl)cc2)c1. The van der Waals surface area contributed by atoms with Crippen molar-refractivity contribution in [2.24, 2.45) is 0 Å². The number of para-hydroxylation sites is 1. The molecule has 3 aromatic carbocycles. The van der Waals surface area contributed by atoms with E-state index in [-0.39, 0.29) is 10.8 Å². The second kappa shape index (κ2) is 8.90. The van der Waals surface area contributed by atoms with E-state index in [1.54, 1.807) is 48.3 Å². The third kappa shape index (κ3) is 4.66. The Morgan fingerprint density at radius 1 is 0.933 bits per heavy atom. The predicted molar refractivity (Wildman–Crippen MR) is 120 cm³/mol. The molecular formula is C23H23ClN2O3S. The molecule has 0 radical (unpaired) electrons. The van der Waals surface area contributed by atoms with Crippen LogP contribution in [0.1, 0.15) is 21.5 Å². The van der Waals surface area contributed by atoms with Gasteiger partial charge in [-0.2, -0.15) is 0 Å². The lowest BCUT2D eigenvalue weighted by atomic mass is 10.1. The minimum absolute atomic E-state index is 0.0685. The molecule has 0 saturated carbocycles. The highest BCUT2D eigenvalue weighted by atomic mass is 35.5. The highest BCUT2D eigenvalue weighted by Gasteiger charge is 2.24. The number of carbonyl (C=O) groups is 1. The van der Waals surface area contributed by atoms with Gasteiger partial charge < -0.3 is 4.90 Å². The number of aryl methyl sites for hydroxylation is 1. The minimum atomic E-state index is -3.81. The van der Waals surface area contributed by atoms with Crippen molar-refractivity contribution in [3.63, 3.8) is 0 Å². The fourth-order valence-electron chi connectivity index (χ4n) is 3.15. The number of rotatable bonds is 6. The molecule has 156 valence electrons. The lowest BCUT2D eigenvalue weighted by molar-refractivity contribution is 0.0785. The monoisotopic (exact) mass is 442 g/mol. The van der Waals surface area contributed by atoms with Crippen LogP contribution in [0.3, 0.4) is 0 Å². The van der Waals surface area contributed by atoms with Gasteiger partial charge in [0.1, 0.15) is 0 Å². The Labute approximate surface area is 182 Å². The number of hydrogen-bond acceptors (Lipinski definition) is 3. The number of halogens is 1. The van der Waals surface area contributed by atoms with Gasteiger partial charge in [-0.25, -0.2) is 8.42 Å². The molecule has 1 amide bonds. The third-order valence-corrected chi connectivity index (χ3v) is 6.89. The highest BCUT2D eigenvalue weighted by Crippen LogP contribution is 2.25. The number of nitrogens with zero attached hydrogens (tertiary/aromatic N) is 2. The van der Waals surface area contributed by atoms with Crippen molar-refractivity contribution in [3.8, 4) is 0 Å². The van der Waals surface area contributed by atoms with Crippen LogP contribution in [0.4, 0.5) is 5.69 Å². The van der Waals surface area contributed by atoms with Crippen LogP contribution in [-0.2, 0) is 16.6 Å². The van der Waals surface area contributed by atoms with Crippen molar-refractivity contribution in [2.45, 2.75) is 18.4 Å². The van der Waals surface area contributed by atoms with Crippen molar-refractivity contribution < 1.29 is 13.2 Å². The van der Waals surface area contributed by atoms with Crippen molar-refractivity contribution in [1.82, 2.24) is 4.90 Å². The molecule has 0 heterocycles. The van der Waals surface area contributed by atoms with Gasteiger partial charge in [0.25, 0.3) is 15.9 Å². The van der Waals surface area contributed by atoms with Gasteiger partial charge in [-0.15, -0.1) is 0 Å². The van der Waals surface area contributed by atoms with Gasteiger partial charge in [0.05, 0.1) is 10.6 Å². The molecule has 0 aliphatic heterocycles. The molecule has 0 aliphatic rings. The maximum Gasteiger partial charge on any atom is 0.264 e.